The fourth-order valence-corrected chi connectivity index (χ4v) is 11.1. The molecule has 0 saturated heterocycles. The Bertz CT molecular complexity index is 1340. The van der Waals surface area contributed by atoms with E-state index in [1.807, 2.05) is 0 Å². The summed E-state index contributed by atoms with van der Waals surface area (Å²) in [4.78, 5) is 38.3. The minimum Gasteiger partial charge on any atom is -0.462 e. The van der Waals surface area contributed by atoms with Crippen molar-refractivity contribution in [1.29, 1.82) is 0 Å². The highest BCUT2D eigenvalue weighted by Gasteiger charge is 2.19. The van der Waals surface area contributed by atoms with Crippen LogP contribution in [0.15, 0.2) is 36.5 Å². The molecule has 0 fully saturated rings. The smallest absolute Gasteiger partial charge is 0.306 e. The Hall–Kier alpha value is -2.37. The number of carbonyl (C=O) groups excluding carboxylic acids is 3. The van der Waals surface area contributed by atoms with Crippen LogP contribution in [0.2, 0.25) is 0 Å². The van der Waals surface area contributed by atoms with Crippen molar-refractivity contribution in [3.05, 3.63) is 36.5 Å². The Morgan fingerprint density at radius 2 is 0.487 bits per heavy atom. The summed E-state index contributed by atoms with van der Waals surface area (Å²) >= 11 is 0. The highest BCUT2D eigenvalue weighted by molar-refractivity contribution is 5.71. The summed E-state index contributed by atoms with van der Waals surface area (Å²) in [5.41, 5.74) is 0. The third-order valence-corrected chi connectivity index (χ3v) is 16.4. The molecule has 0 N–H and O–H groups in total. The highest BCUT2D eigenvalue weighted by Crippen LogP contribution is 2.19. The Balaban J connectivity index is 3.99. The molecule has 0 rings (SSSR count). The predicted molar refractivity (Wildman–Crippen MR) is 349 cm³/mol. The summed E-state index contributed by atoms with van der Waals surface area (Å²) in [7, 11) is 0. The van der Waals surface area contributed by atoms with Crippen LogP contribution < -0.4 is 0 Å². The van der Waals surface area contributed by atoms with E-state index in [0.717, 1.165) is 83.5 Å². The molecule has 0 heterocycles. The third kappa shape index (κ3) is 66.4. The van der Waals surface area contributed by atoms with Gasteiger partial charge in [0.25, 0.3) is 0 Å². The van der Waals surface area contributed by atoms with Crippen molar-refractivity contribution in [2.45, 2.75) is 406 Å². The number of esters is 3. The van der Waals surface area contributed by atoms with Gasteiger partial charge in [-0.15, -0.1) is 0 Å². The van der Waals surface area contributed by atoms with E-state index in [9.17, 15) is 14.4 Å². The van der Waals surface area contributed by atoms with Gasteiger partial charge in [0, 0.05) is 19.3 Å². The molecule has 0 aliphatic carbocycles. The van der Waals surface area contributed by atoms with Crippen LogP contribution in [0.3, 0.4) is 0 Å². The first kappa shape index (κ1) is 77.6. The van der Waals surface area contributed by atoms with Gasteiger partial charge in [0.1, 0.15) is 13.2 Å². The maximum absolute atomic E-state index is 12.9. The van der Waals surface area contributed by atoms with Crippen LogP contribution in [0.5, 0.6) is 0 Å². The number of carbonyl (C=O) groups is 3. The average molecular weight is 1120 g/mol. The van der Waals surface area contributed by atoms with Crippen LogP contribution in [0, 0.1) is 0 Å². The summed E-state index contributed by atoms with van der Waals surface area (Å²) in [5, 5.41) is 0. The molecule has 0 aliphatic rings. The zero-order valence-electron chi connectivity index (χ0n) is 54.1. The number of hydrogen-bond donors (Lipinski definition) is 0. The van der Waals surface area contributed by atoms with Gasteiger partial charge in [0.2, 0.25) is 0 Å². The predicted octanol–water partition coefficient (Wildman–Crippen LogP) is 24.7. The first-order valence-corrected chi connectivity index (χ1v) is 36.0. The second-order valence-corrected chi connectivity index (χ2v) is 24.5. The van der Waals surface area contributed by atoms with E-state index >= 15 is 0 Å². The van der Waals surface area contributed by atoms with Crippen LogP contribution in [0.25, 0.3) is 0 Å². The van der Waals surface area contributed by atoms with Crippen LogP contribution in [-0.2, 0) is 28.6 Å². The molecule has 0 radical (unpaired) electrons. The first-order chi connectivity index (χ1) is 39.5. The van der Waals surface area contributed by atoms with Crippen LogP contribution in [0.4, 0.5) is 0 Å². The monoisotopic (exact) mass is 1120 g/mol. The van der Waals surface area contributed by atoms with E-state index in [1.165, 1.54) is 276 Å². The molecule has 0 saturated carbocycles. The topological polar surface area (TPSA) is 78.9 Å². The van der Waals surface area contributed by atoms with E-state index in [4.69, 9.17) is 14.2 Å². The maximum atomic E-state index is 12.9. The van der Waals surface area contributed by atoms with E-state index < -0.39 is 6.10 Å². The Morgan fingerprint density at radius 3 is 0.762 bits per heavy atom. The van der Waals surface area contributed by atoms with E-state index in [1.54, 1.807) is 0 Å². The molecule has 0 aromatic rings. The molecule has 0 aliphatic heterocycles. The quantitative estimate of drug-likeness (QED) is 0.0261. The van der Waals surface area contributed by atoms with Gasteiger partial charge in [-0.05, 0) is 51.4 Å². The van der Waals surface area contributed by atoms with E-state index in [-0.39, 0.29) is 31.1 Å². The molecule has 1 unspecified atom stereocenters. The minimum atomic E-state index is -0.774. The molecule has 0 aromatic heterocycles. The lowest BCUT2D eigenvalue weighted by molar-refractivity contribution is -0.167. The van der Waals surface area contributed by atoms with Gasteiger partial charge in [-0.2, -0.15) is 0 Å². The summed E-state index contributed by atoms with van der Waals surface area (Å²) in [6.07, 6.45) is 86.4. The molecule has 0 aromatic carbocycles. The molecule has 0 bridgehead atoms. The van der Waals surface area contributed by atoms with Crippen molar-refractivity contribution in [2.24, 2.45) is 0 Å². The lowest BCUT2D eigenvalue weighted by atomic mass is 10.0. The number of unbranched alkanes of at least 4 members (excludes halogenated alkanes) is 50. The molecule has 0 spiro atoms. The third-order valence-electron chi connectivity index (χ3n) is 16.4. The molecule has 6 nitrogen and oxygen atoms in total. The van der Waals surface area contributed by atoms with Crippen molar-refractivity contribution in [3.63, 3.8) is 0 Å². The zero-order chi connectivity index (χ0) is 57.8. The van der Waals surface area contributed by atoms with Gasteiger partial charge in [0.05, 0.1) is 0 Å². The second kappa shape index (κ2) is 69.1. The lowest BCUT2D eigenvalue weighted by Gasteiger charge is -2.18. The van der Waals surface area contributed by atoms with E-state index in [2.05, 4.69) is 57.2 Å². The summed E-state index contributed by atoms with van der Waals surface area (Å²) < 4.78 is 16.9. The second-order valence-electron chi connectivity index (χ2n) is 24.5. The first-order valence-electron chi connectivity index (χ1n) is 36.0. The molecule has 80 heavy (non-hydrogen) atoms. The summed E-state index contributed by atoms with van der Waals surface area (Å²) in [6.45, 7) is 6.57. The molecule has 470 valence electrons. The number of ether oxygens (including phenoxy) is 3. The fourth-order valence-electron chi connectivity index (χ4n) is 11.1. The summed E-state index contributed by atoms with van der Waals surface area (Å²) in [6, 6.07) is 0. The Kier molecular flexibility index (Phi) is 67.1. The molecular weight excluding hydrogens is 985 g/mol. The molecule has 0 amide bonds. The standard InChI is InChI=1S/C74H138O6/c1-4-7-10-13-16-19-22-24-26-28-29-30-31-32-33-34-35-36-37-38-39-40-41-42-43-44-45-47-48-50-52-55-58-61-64-67-73(76)79-70-71(69-78-72(75)66-63-60-57-54-21-18-15-12-9-6-3)80-74(77)68-65-62-59-56-53-51-49-46-27-25-23-20-17-14-11-8-5-2/h8,11,17,20,25,27,71H,4-7,9-10,12-16,18-19,21-24,26,28-70H2,1-3H3/b11-8-,20-17-,27-25-. The largest absolute Gasteiger partial charge is 0.462 e. The zero-order valence-corrected chi connectivity index (χ0v) is 54.1. The Morgan fingerprint density at radius 1 is 0.263 bits per heavy atom. The van der Waals surface area contributed by atoms with Gasteiger partial charge < -0.3 is 14.2 Å². The van der Waals surface area contributed by atoms with Gasteiger partial charge in [-0.25, -0.2) is 0 Å². The van der Waals surface area contributed by atoms with Crippen molar-refractivity contribution in [3.8, 4) is 0 Å². The van der Waals surface area contributed by atoms with Crippen molar-refractivity contribution < 1.29 is 28.6 Å². The SMILES string of the molecule is CC/C=C\C/C=C\C/C=C\CCCCCCCCCC(=O)OC(COC(=O)CCCCCCCCCCCC)COC(=O)CCCCCCCCCCCCCCCCCCCCCCCCCCCCCCCCCCCCC. The van der Waals surface area contributed by atoms with Crippen LogP contribution >= 0.6 is 0 Å². The number of rotatable bonds is 67. The van der Waals surface area contributed by atoms with Crippen LogP contribution in [-0.4, -0.2) is 37.2 Å². The van der Waals surface area contributed by atoms with Gasteiger partial charge >= 0.3 is 17.9 Å². The Labute approximate surface area is 499 Å². The number of allylic oxidation sites excluding steroid dienone is 6. The van der Waals surface area contributed by atoms with Gasteiger partial charge in [-0.1, -0.05) is 365 Å². The van der Waals surface area contributed by atoms with Gasteiger partial charge in [-0.3, -0.25) is 14.4 Å². The minimum absolute atomic E-state index is 0.0711. The fraction of sp³-hybridized carbons (Fsp3) is 0.878. The van der Waals surface area contributed by atoms with Crippen molar-refractivity contribution in [2.75, 3.05) is 13.2 Å². The van der Waals surface area contributed by atoms with Crippen molar-refractivity contribution >= 4 is 17.9 Å². The molecular formula is C74H138O6. The number of hydrogen-bond acceptors (Lipinski definition) is 6. The van der Waals surface area contributed by atoms with Crippen molar-refractivity contribution in [1.82, 2.24) is 0 Å². The lowest BCUT2D eigenvalue weighted by Crippen LogP contribution is -2.30. The normalized spacial score (nSPS) is 12.2. The van der Waals surface area contributed by atoms with Gasteiger partial charge in [0.15, 0.2) is 6.10 Å². The highest BCUT2D eigenvalue weighted by atomic mass is 16.6. The molecule has 6 heteroatoms. The van der Waals surface area contributed by atoms with E-state index in [0.29, 0.717) is 19.3 Å². The molecule has 1 atom stereocenters. The van der Waals surface area contributed by atoms with Crippen LogP contribution in [0.1, 0.15) is 400 Å². The maximum Gasteiger partial charge on any atom is 0.306 e. The average Bonchev–Trinajstić information content (AvgIpc) is 3.46. The summed E-state index contributed by atoms with van der Waals surface area (Å²) in [5.74, 6) is -0.858.